The second kappa shape index (κ2) is 8.44. The quantitative estimate of drug-likeness (QED) is 0.876. The SMILES string of the molecule is O=C(NCc1ccc2c(c1)OCO2)c1ccc(CN2CCCCCC2)cc1. The van der Waals surface area contributed by atoms with Crippen molar-refractivity contribution in [1.82, 2.24) is 10.2 Å². The van der Waals surface area contributed by atoms with Gasteiger partial charge in [-0.2, -0.15) is 0 Å². The van der Waals surface area contributed by atoms with Crippen LogP contribution in [0.4, 0.5) is 0 Å². The van der Waals surface area contributed by atoms with Crippen LogP contribution < -0.4 is 14.8 Å². The molecule has 0 radical (unpaired) electrons. The van der Waals surface area contributed by atoms with Gasteiger partial charge >= 0.3 is 0 Å². The first kappa shape index (κ1) is 17.9. The molecule has 1 amide bonds. The van der Waals surface area contributed by atoms with Crippen LogP contribution >= 0.6 is 0 Å². The van der Waals surface area contributed by atoms with Crippen molar-refractivity contribution in [2.75, 3.05) is 19.9 Å². The van der Waals surface area contributed by atoms with E-state index in [1.54, 1.807) is 0 Å². The highest BCUT2D eigenvalue weighted by atomic mass is 16.7. The summed E-state index contributed by atoms with van der Waals surface area (Å²) in [6.45, 7) is 4.05. The number of fused-ring (bicyclic) bond motifs is 1. The number of benzene rings is 2. The van der Waals surface area contributed by atoms with Crippen LogP contribution in [-0.2, 0) is 13.1 Å². The predicted molar refractivity (Wildman–Crippen MR) is 104 cm³/mol. The maximum atomic E-state index is 12.4. The van der Waals surface area contributed by atoms with Gasteiger partial charge in [-0.3, -0.25) is 9.69 Å². The van der Waals surface area contributed by atoms with Crippen molar-refractivity contribution >= 4 is 5.91 Å². The molecule has 5 nitrogen and oxygen atoms in total. The molecule has 4 rings (SSSR count). The van der Waals surface area contributed by atoms with E-state index in [4.69, 9.17) is 9.47 Å². The molecule has 0 aromatic heterocycles. The molecule has 2 aromatic carbocycles. The van der Waals surface area contributed by atoms with Gasteiger partial charge in [-0.05, 0) is 61.3 Å². The van der Waals surface area contributed by atoms with Crippen LogP contribution in [0.2, 0.25) is 0 Å². The van der Waals surface area contributed by atoms with Crippen molar-refractivity contribution in [2.24, 2.45) is 0 Å². The molecule has 5 heteroatoms. The lowest BCUT2D eigenvalue weighted by Crippen LogP contribution is -2.24. The van der Waals surface area contributed by atoms with Gasteiger partial charge in [0.1, 0.15) is 0 Å². The van der Waals surface area contributed by atoms with Crippen molar-refractivity contribution in [3.8, 4) is 11.5 Å². The number of hydrogen-bond donors (Lipinski definition) is 1. The van der Waals surface area contributed by atoms with E-state index >= 15 is 0 Å². The molecule has 2 heterocycles. The van der Waals surface area contributed by atoms with Crippen molar-refractivity contribution in [3.63, 3.8) is 0 Å². The Labute approximate surface area is 160 Å². The summed E-state index contributed by atoms with van der Waals surface area (Å²) in [5.41, 5.74) is 2.95. The van der Waals surface area contributed by atoms with E-state index in [2.05, 4.69) is 22.3 Å². The highest BCUT2D eigenvalue weighted by molar-refractivity contribution is 5.94. The fraction of sp³-hybridized carbons (Fsp3) is 0.409. The van der Waals surface area contributed by atoms with Crippen LogP contribution in [-0.4, -0.2) is 30.7 Å². The summed E-state index contributed by atoms with van der Waals surface area (Å²) >= 11 is 0. The van der Waals surface area contributed by atoms with Crippen LogP contribution in [0.3, 0.4) is 0 Å². The van der Waals surface area contributed by atoms with Crippen LogP contribution in [0.15, 0.2) is 42.5 Å². The largest absolute Gasteiger partial charge is 0.454 e. The molecule has 2 aliphatic heterocycles. The average Bonchev–Trinajstić information content (AvgIpc) is 3.02. The zero-order valence-corrected chi connectivity index (χ0v) is 15.6. The number of rotatable bonds is 5. The summed E-state index contributed by atoms with van der Waals surface area (Å²) in [4.78, 5) is 14.9. The standard InChI is InChI=1S/C22H26N2O3/c25-22(23-14-18-7-10-20-21(13-18)27-16-26-20)19-8-5-17(6-9-19)15-24-11-3-1-2-4-12-24/h5-10,13H,1-4,11-12,14-16H2,(H,23,25). The molecule has 1 fully saturated rings. The molecule has 0 atom stereocenters. The van der Waals surface area contributed by atoms with E-state index in [0.29, 0.717) is 12.1 Å². The number of carbonyl (C=O) groups excluding carboxylic acids is 1. The third-order valence-electron chi connectivity index (χ3n) is 5.21. The summed E-state index contributed by atoms with van der Waals surface area (Å²) < 4.78 is 10.7. The average molecular weight is 366 g/mol. The van der Waals surface area contributed by atoms with Crippen LogP contribution in [0.1, 0.15) is 47.2 Å². The lowest BCUT2D eigenvalue weighted by Gasteiger charge is -2.19. The fourth-order valence-corrected chi connectivity index (χ4v) is 3.65. The van der Waals surface area contributed by atoms with E-state index in [1.165, 1.54) is 44.3 Å². The van der Waals surface area contributed by atoms with E-state index in [0.717, 1.165) is 23.6 Å². The Kier molecular flexibility index (Phi) is 5.58. The van der Waals surface area contributed by atoms with Crippen molar-refractivity contribution in [2.45, 2.75) is 38.8 Å². The Morgan fingerprint density at radius 1 is 0.889 bits per heavy atom. The van der Waals surface area contributed by atoms with E-state index in [-0.39, 0.29) is 12.7 Å². The van der Waals surface area contributed by atoms with Crippen LogP contribution in [0, 0.1) is 0 Å². The summed E-state index contributed by atoms with van der Waals surface area (Å²) in [5.74, 6) is 1.43. The summed E-state index contributed by atoms with van der Waals surface area (Å²) in [6.07, 6.45) is 5.28. The van der Waals surface area contributed by atoms with Crippen LogP contribution in [0.5, 0.6) is 11.5 Å². The molecule has 0 unspecified atom stereocenters. The molecule has 1 N–H and O–H groups in total. The number of nitrogens with one attached hydrogen (secondary N) is 1. The van der Waals surface area contributed by atoms with Gasteiger partial charge in [0.15, 0.2) is 11.5 Å². The zero-order valence-electron chi connectivity index (χ0n) is 15.6. The lowest BCUT2D eigenvalue weighted by atomic mass is 10.1. The number of likely N-dealkylation sites (tertiary alicyclic amines) is 1. The molecule has 0 bridgehead atoms. The molecule has 0 saturated carbocycles. The molecule has 1 saturated heterocycles. The third kappa shape index (κ3) is 4.61. The third-order valence-corrected chi connectivity index (χ3v) is 5.21. The van der Waals surface area contributed by atoms with Gasteiger partial charge in [0.25, 0.3) is 5.91 Å². The molecule has 2 aliphatic rings. The summed E-state index contributed by atoms with van der Waals surface area (Å²) in [5, 5.41) is 2.97. The van der Waals surface area contributed by atoms with Gasteiger partial charge in [-0.1, -0.05) is 31.0 Å². The van der Waals surface area contributed by atoms with E-state index in [1.807, 2.05) is 30.3 Å². The van der Waals surface area contributed by atoms with Gasteiger partial charge in [0.2, 0.25) is 6.79 Å². The monoisotopic (exact) mass is 366 g/mol. The first-order valence-electron chi connectivity index (χ1n) is 9.76. The zero-order chi connectivity index (χ0) is 18.5. The van der Waals surface area contributed by atoms with Gasteiger partial charge in [0.05, 0.1) is 0 Å². The predicted octanol–water partition coefficient (Wildman–Crippen LogP) is 3.72. The summed E-state index contributed by atoms with van der Waals surface area (Å²) in [6, 6.07) is 13.7. The normalized spacial score (nSPS) is 16.7. The molecule has 2 aromatic rings. The number of amides is 1. The second-order valence-corrected chi connectivity index (χ2v) is 7.26. The van der Waals surface area contributed by atoms with Crippen molar-refractivity contribution in [1.29, 1.82) is 0 Å². The van der Waals surface area contributed by atoms with Crippen molar-refractivity contribution < 1.29 is 14.3 Å². The minimum atomic E-state index is -0.0611. The number of carbonyl (C=O) groups is 1. The topological polar surface area (TPSA) is 50.8 Å². The molecular formula is C22H26N2O3. The molecular weight excluding hydrogens is 340 g/mol. The maximum Gasteiger partial charge on any atom is 0.251 e. The Balaban J connectivity index is 1.31. The Hall–Kier alpha value is -2.53. The van der Waals surface area contributed by atoms with Gasteiger partial charge in [-0.15, -0.1) is 0 Å². The second-order valence-electron chi connectivity index (χ2n) is 7.26. The molecule has 0 aliphatic carbocycles. The van der Waals surface area contributed by atoms with Crippen LogP contribution in [0.25, 0.3) is 0 Å². The maximum absolute atomic E-state index is 12.4. The number of ether oxygens (including phenoxy) is 2. The fourth-order valence-electron chi connectivity index (χ4n) is 3.65. The number of hydrogen-bond acceptors (Lipinski definition) is 4. The Bertz CT molecular complexity index is 781. The minimum Gasteiger partial charge on any atom is -0.454 e. The Morgan fingerprint density at radius 3 is 2.37 bits per heavy atom. The summed E-state index contributed by atoms with van der Waals surface area (Å²) in [7, 11) is 0. The van der Waals surface area contributed by atoms with Gasteiger partial charge in [-0.25, -0.2) is 0 Å². The lowest BCUT2D eigenvalue weighted by molar-refractivity contribution is 0.0951. The van der Waals surface area contributed by atoms with E-state index < -0.39 is 0 Å². The Morgan fingerprint density at radius 2 is 1.59 bits per heavy atom. The number of nitrogens with zero attached hydrogens (tertiary/aromatic N) is 1. The molecule has 142 valence electrons. The first-order valence-corrected chi connectivity index (χ1v) is 9.76. The highest BCUT2D eigenvalue weighted by Crippen LogP contribution is 2.32. The smallest absolute Gasteiger partial charge is 0.251 e. The molecule has 0 spiro atoms. The minimum absolute atomic E-state index is 0.0611. The van der Waals surface area contributed by atoms with E-state index in [9.17, 15) is 4.79 Å². The molecule has 27 heavy (non-hydrogen) atoms. The van der Waals surface area contributed by atoms with Crippen molar-refractivity contribution in [3.05, 3.63) is 59.2 Å². The first-order chi connectivity index (χ1) is 13.3. The van der Waals surface area contributed by atoms with Gasteiger partial charge in [0, 0.05) is 18.7 Å². The van der Waals surface area contributed by atoms with Gasteiger partial charge < -0.3 is 14.8 Å². The highest BCUT2D eigenvalue weighted by Gasteiger charge is 2.14.